The predicted octanol–water partition coefficient (Wildman–Crippen LogP) is -0.388. The molecular formula is C11H20N2O3. The molecule has 0 aromatic rings. The van der Waals surface area contributed by atoms with Crippen molar-refractivity contribution in [3.63, 3.8) is 0 Å². The number of hydrogen-bond donors (Lipinski definition) is 1. The summed E-state index contributed by atoms with van der Waals surface area (Å²) >= 11 is 0. The molecule has 2 heterocycles. The van der Waals surface area contributed by atoms with Gasteiger partial charge in [-0.3, -0.25) is 4.79 Å². The molecule has 0 aromatic carbocycles. The SMILES string of the molecule is CNC1CCCN(C(=O)C2COCCO2)C1. The lowest BCUT2D eigenvalue weighted by atomic mass is 10.1. The maximum absolute atomic E-state index is 12.1. The van der Waals surface area contributed by atoms with Crippen LogP contribution in [0, 0.1) is 0 Å². The van der Waals surface area contributed by atoms with Gasteiger partial charge in [-0.05, 0) is 19.9 Å². The summed E-state index contributed by atoms with van der Waals surface area (Å²) in [5.74, 6) is 0.0830. The summed E-state index contributed by atoms with van der Waals surface area (Å²) in [6, 6.07) is 0.419. The Kier molecular flexibility index (Phi) is 4.15. The third kappa shape index (κ3) is 2.72. The molecule has 0 aromatic heterocycles. The third-order valence-electron chi connectivity index (χ3n) is 3.23. The molecule has 5 heteroatoms. The van der Waals surface area contributed by atoms with Crippen molar-refractivity contribution in [1.29, 1.82) is 0 Å². The van der Waals surface area contributed by atoms with Crippen LogP contribution in [0.25, 0.3) is 0 Å². The first-order valence-electron chi connectivity index (χ1n) is 5.96. The number of carbonyl (C=O) groups excluding carboxylic acids is 1. The Labute approximate surface area is 96.1 Å². The highest BCUT2D eigenvalue weighted by Gasteiger charge is 2.30. The average Bonchev–Trinajstić information content (AvgIpc) is 2.39. The number of hydrogen-bond acceptors (Lipinski definition) is 4. The molecule has 2 unspecified atom stereocenters. The number of nitrogens with zero attached hydrogens (tertiary/aromatic N) is 1. The van der Waals surface area contributed by atoms with Crippen molar-refractivity contribution in [2.45, 2.75) is 25.0 Å². The Bertz CT molecular complexity index is 241. The van der Waals surface area contributed by atoms with Crippen LogP contribution in [0.4, 0.5) is 0 Å². The molecule has 0 aliphatic carbocycles. The molecule has 1 N–H and O–H groups in total. The minimum absolute atomic E-state index is 0.0830. The zero-order valence-corrected chi connectivity index (χ0v) is 9.78. The van der Waals surface area contributed by atoms with Gasteiger partial charge in [-0.1, -0.05) is 0 Å². The zero-order valence-electron chi connectivity index (χ0n) is 9.78. The normalized spacial score (nSPS) is 31.4. The van der Waals surface area contributed by atoms with Crippen LogP contribution < -0.4 is 5.32 Å². The van der Waals surface area contributed by atoms with Crippen LogP contribution >= 0.6 is 0 Å². The number of piperidine rings is 1. The highest BCUT2D eigenvalue weighted by atomic mass is 16.6. The Balaban J connectivity index is 1.87. The molecule has 2 rings (SSSR count). The van der Waals surface area contributed by atoms with Crippen molar-refractivity contribution in [2.75, 3.05) is 40.0 Å². The van der Waals surface area contributed by atoms with Crippen molar-refractivity contribution in [2.24, 2.45) is 0 Å². The number of rotatable bonds is 2. The summed E-state index contributed by atoms with van der Waals surface area (Å²) in [4.78, 5) is 14.0. The molecule has 0 saturated carbocycles. The second-order valence-electron chi connectivity index (χ2n) is 4.35. The fourth-order valence-corrected chi connectivity index (χ4v) is 2.25. The van der Waals surface area contributed by atoms with Crippen molar-refractivity contribution in [3.8, 4) is 0 Å². The molecule has 2 atom stereocenters. The van der Waals surface area contributed by atoms with Gasteiger partial charge >= 0.3 is 0 Å². The summed E-state index contributed by atoms with van der Waals surface area (Å²) in [5, 5.41) is 3.23. The summed E-state index contributed by atoms with van der Waals surface area (Å²) in [6.07, 6.45) is 1.82. The number of amides is 1. The van der Waals surface area contributed by atoms with E-state index in [1.165, 1.54) is 0 Å². The highest BCUT2D eigenvalue weighted by molar-refractivity contribution is 5.81. The fourth-order valence-electron chi connectivity index (χ4n) is 2.25. The van der Waals surface area contributed by atoms with Crippen molar-refractivity contribution >= 4 is 5.91 Å². The second kappa shape index (κ2) is 5.61. The van der Waals surface area contributed by atoms with Crippen molar-refractivity contribution in [3.05, 3.63) is 0 Å². The van der Waals surface area contributed by atoms with Crippen molar-refractivity contribution < 1.29 is 14.3 Å². The molecule has 0 radical (unpaired) electrons. The topological polar surface area (TPSA) is 50.8 Å². The molecular weight excluding hydrogens is 208 g/mol. The van der Waals surface area contributed by atoms with Gasteiger partial charge in [0, 0.05) is 19.1 Å². The molecule has 5 nitrogen and oxygen atoms in total. The fraction of sp³-hybridized carbons (Fsp3) is 0.909. The Morgan fingerprint density at radius 2 is 2.31 bits per heavy atom. The molecule has 0 spiro atoms. The molecule has 0 bridgehead atoms. The molecule has 1 amide bonds. The van der Waals surface area contributed by atoms with Crippen LogP contribution in [0.2, 0.25) is 0 Å². The summed E-state index contributed by atoms with van der Waals surface area (Å²) < 4.78 is 10.7. The van der Waals surface area contributed by atoms with E-state index in [-0.39, 0.29) is 12.0 Å². The average molecular weight is 228 g/mol. The number of carbonyl (C=O) groups is 1. The number of likely N-dealkylation sites (N-methyl/N-ethyl adjacent to an activating group) is 1. The lowest BCUT2D eigenvalue weighted by molar-refractivity contribution is -0.159. The van der Waals surface area contributed by atoms with Gasteiger partial charge in [0.25, 0.3) is 5.91 Å². The van der Waals surface area contributed by atoms with Gasteiger partial charge in [-0.15, -0.1) is 0 Å². The van der Waals surface area contributed by atoms with Crippen LogP contribution in [0.3, 0.4) is 0 Å². The zero-order chi connectivity index (χ0) is 11.4. The minimum atomic E-state index is -0.385. The largest absolute Gasteiger partial charge is 0.376 e. The number of likely N-dealkylation sites (tertiary alicyclic amines) is 1. The van der Waals surface area contributed by atoms with Crippen LogP contribution in [-0.4, -0.2) is 62.9 Å². The molecule has 2 aliphatic rings. The Hall–Kier alpha value is -0.650. The van der Waals surface area contributed by atoms with Crippen LogP contribution in [0.5, 0.6) is 0 Å². The minimum Gasteiger partial charge on any atom is -0.376 e. The summed E-state index contributed by atoms with van der Waals surface area (Å²) in [5.41, 5.74) is 0. The van der Waals surface area contributed by atoms with E-state index in [0.717, 1.165) is 25.9 Å². The van der Waals surface area contributed by atoms with Gasteiger partial charge < -0.3 is 19.7 Å². The summed E-state index contributed by atoms with van der Waals surface area (Å²) in [7, 11) is 1.94. The lowest BCUT2D eigenvalue weighted by Gasteiger charge is -2.35. The van der Waals surface area contributed by atoms with E-state index >= 15 is 0 Å². The molecule has 2 saturated heterocycles. The maximum Gasteiger partial charge on any atom is 0.254 e. The monoisotopic (exact) mass is 228 g/mol. The Morgan fingerprint density at radius 1 is 1.44 bits per heavy atom. The van der Waals surface area contributed by atoms with Crippen molar-refractivity contribution in [1.82, 2.24) is 10.2 Å². The standard InChI is InChI=1S/C11H20N2O3/c1-12-9-3-2-4-13(7-9)11(14)10-8-15-5-6-16-10/h9-10,12H,2-8H2,1H3. The first-order chi connectivity index (χ1) is 7.81. The highest BCUT2D eigenvalue weighted by Crippen LogP contribution is 2.13. The van der Waals surface area contributed by atoms with E-state index in [2.05, 4.69) is 5.32 Å². The van der Waals surface area contributed by atoms with E-state index in [1.807, 2.05) is 11.9 Å². The van der Waals surface area contributed by atoms with E-state index in [1.54, 1.807) is 0 Å². The third-order valence-corrected chi connectivity index (χ3v) is 3.23. The quantitative estimate of drug-likeness (QED) is 0.699. The molecule has 92 valence electrons. The second-order valence-corrected chi connectivity index (χ2v) is 4.35. The molecule has 16 heavy (non-hydrogen) atoms. The van der Waals surface area contributed by atoms with Gasteiger partial charge in [0.15, 0.2) is 6.10 Å². The van der Waals surface area contributed by atoms with Crippen LogP contribution in [0.1, 0.15) is 12.8 Å². The van der Waals surface area contributed by atoms with E-state index in [4.69, 9.17) is 9.47 Å². The molecule has 2 aliphatic heterocycles. The first kappa shape index (κ1) is 11.8. The van der Waals surface area contributed by atoms with Crippen LogP contribution in [0.15, 0.2) is 0 Å². The Morgan fingerprint density at radius 3 is 3.00 bits per heavy atom. The first-order valence-corrected chi connectivity index (χ1v) is 5.96. The van der Waals surface area contributed by atoms with Crippen LogP contribution in [-0.2, 0) is 14.3 Å². The maximum atomic E-state index is 12.1. The number of nitrogens with one attached hydrogen (secondary N) is 1. The lowest BCUT2D eigenvalue weighted by Crippen LogP contribution is -2.52. The van der Waals surface area contributed by atoms with E-state index < -0.39 is 0 Å². The van der Waals surface area contributed by atoms with Gasteiger partial charge in [-0.25, -0.2) is 0 Å². The van der Waals surface area contributed by atoms with Gasteiger partial charge in [0.05, 0.1) is 19.8 Å². The predicted molar refractivity (Wildman–Crippen MR) is 59.2 cm³/mol. The number of ether oxygens (including phenoxy) is 2. The van der Waals surface area contributed by atoms with E-state index in [9.17, 15) is 4.79 Å². The van der Waals surface area contributed by atoms with Gasteiger partial charge in [-0.2, -0.15) is 0 Å². The summed E-state index contributed by atoms with van der Waals surface area (Å²) in [6.45, 7) is 3.16. The van der Waals surface area contributed by atoms with Gasteiger partial charge in [0.1, 0.15) is 0 Å². The van der Waals surface area contributed by atoms with E-state index in [0.29, 0.717) is 25.9 Å². The smallest absolute Gasteiger partial charge is 0.254 e. The van der Waals surface area contributed by atoms with Gasteiger partial charge in [0.2, 0.25) is 0 Å². The molecule has 2 fully saturated rings.